The van der Waals surface area contributed by atoms with E-state index in [2.05, 4.69) is 20.8 Å². The van der Waals surface area contributed by atoms with Gasteiger partial charge in [-0.1, -0.05) is 46.5 Å². The van der Waals surface area contributed by atoms with Crippen LogP contribution in [0.2, 0.25) is 0 Å². The maximum Gasteiger partial charge on any atom is 0.308 e. The highest BCUT2D eigenvalue weighted by molar-refractivity contribution is 5.72. The first-order valence-electron chi connectivity index (χ1n) is 9.80. The van der Waals surface area contributed by atoms with Crippen LogP contribution in [0.25, 0.3) is 0 Å². The highest BCUT2D eigenvalue weighted by Gasteiger charge is 2.33. The number of carbonyl (C=O) groups excluding carboxylic acids is 1. The van der Waals surface area contributed by atoms with Crippen molar-refractivity contribution in [2.45, 2.75) is 85.0 Å². The van der Waals surface area contributed by atoms with Crippen LogP contribution < -0.4 is 0 Å². The summed E-state index contributed by atoms with van der Waals surface area (Å²) in [6.45, 7) is 7.24. The fraction of sp³-hybridized carbons (Fsp3) is 0.950. The molecule has 1 atom stereocenters. The fourth-order valence-electron chi connectivity index (χ4n) is 4.35. The van der Waals surface area contributed by atoms with E-state index >= 15 is 0 Å². The summed E-state index contributed by atoms with van der Waals surface area (Å²) in [4.78, 5) is 12.2. The molecule has 22 heavy (non-hydrogen) atoms. The summed E-state index contributed by atoms with van der Waals surface area (Å²) in [7, 11) is 0. The molecule has 2 saturated carbocycles. The van der Waals surface area contributed by atoms with Crippen LogP contribution in [0.4, 0.5) is 0 Å². The molecule has 2 aliphatic carbocycles. The van der Waals surface area contributed by atoms with Crippen LogP contribution in [-0.4, -0.2) is 12.6 Å². The Morgan fingerprint density at radius 2 is 1.50 bits per heavy atom. The van der Waals surface area contributed by atoms with Crippen molar-refractivity contribution in [1.82, 2.24) is 0 Å². The van der Waals surface area contributed by atoms with E-state index in [4.69, 9.17) is 4.74 Å². The molecule has 2 fully saturated rings. The highest BCUT2D eigenvalue weighted by Crippen LogP contribution is 2.42. The van der Waals surface area contributed by atoms with Gasteiger partial charge >= 0.3 is 5.97 Å². The molecule has 0 aromatic carbocycles. The smallest absolute Gasteiger partial charge is 0.308 e. The second kappa shape index (κ2) is 8.93. The van der Waals surface area contributed by atoms with E-state index in [0.29, 0.717) is 12.5 Å². The maximum atomic E-state index is 12.2. The average Bonchev–Trinajstić information content (AvgIpc) is 2.59. The monoisotopic (exact) mass is 308 g/mol. The quantitative estimate of drug-likeness (QED) is 0.597. The van der Waals surface area contributed by atoms with Crippen molar-refractivity contribution in [1.29, 1.82) is 0 Å². The molecule has 0 bridgehead atoms. The van der Waals surface area contributed by atoms with Gasteiger partial charge in [-0.2, -0.15) is 0 Å². The highest BCUT2D eigenvalue weighted by atomic mass is 16.5. The molecule has 0 saturated heterocycles. The molecule has 0 aromatic heterocycles. The summed E-state index contributed by atoms with van der Waals surface area (Å²) >= 11 is 0. The van der Waals surface area contributed by atoms with Gasteiger partial charge in [0.25, 0.3) is 0 Å². The lowest BCUT2D eigenvalue weighted by atomic mass is 9.69. The molecular formula is C20H36O2. The molecule has 0 aromatic rings. The van der Waals surface area contributed by atoms with Crippen molar-refractivity contribution in [3.8, 4) is 0 Å². The van der Waals surface area contributed by atoms with Crippen LogP contribution in [0.3, 0.4) is 0 Å². The van der Waals surface area contributed by atoms with Gasteiger partial charge in [0.05, 0.1) is 12.5 Å². The summed E-state index contributed by atoms with van der Waals surface area (Å²) in [5, 5.41) is 0. The van der Waals surface area contributed by atoms with Gasteiger partial charge in [-0.05, 0) is 62.2 Å². The topological polar surface area (TPSA) is 26.3 Å². The van der Waals surface area contributed by atoms with Gasteiger partial charge in [-0.15, -0.1) is 0 Å². The third-order valence-corrected chi connectivity index (χ3v) is 6.45. The Morgan fingerprint density at radius 3 is 2.00 bits per heavy atom. The van der Waals surface area contributed by atoms with Gasteiger partial charge in [0.1, 0.15) is 0 Å². The molecule has 0 spiro atoms. The molecule has 2 rings (SSSR count). The molecule has 128 valence electrons. The molecule has 0 unspecified atom stereocenters. The summed E-state index contributed by atoms with van der Waals surface area (Å²) in [6.07, 6.45) is 12.8. The zero-order valence-corrected chi connectivity index (χ0v) is 15.0. The SMILES string of the molecule is CC[C@H](C)COC(=O)[C@H]1CC[C@H]([C@H]2CC[C@H](CC)CC2)CC1. The predicted octanol–water partition coefficient (Wildman–Crippen LogP) is 5.60. The summed E-state index contributed by atoms with van der Waals surface area (Å²) in [5.41, 5.74) is 0. The Hall–Kier alpha value is -0.530. The van der Waals surface area contributed by atoms with E-state index < -0.39 is 0 Å². The first-order valence-corrected chi connectivity index (χ1v) is 9.80. The number of esters is 1. The molecule has 2 nitrogen and oxygen atoms in total. The molecule has 2 heteroatoms. The lowest BCUT2D eigenvalue weighted by Crippen LogP contribution is -2.29. The number of rotatable bonds is 6. The number of carbonyl (C=O) groups is 1. The van der Waals surface area contributed by atoms with Crippen molar-refractivity contribution in [2.75, 3.05) is 6.61 Å². The molecule has 0 heterocycles. The van der Waals surface area contributed by atoms with E-state index in [1.165, 1.54) is 44.9 Å². The zero-order valence-electron chi connectivity index (χ0n) is 15.0. The normalized spacial score (nSPS) is 34.1. The second-order valence-corrected chi connectivity index (χ2v) is 7.94. The minimum Gasteiger partial charge on any atom is -0.465 e. The first-order chi connectivity index (χ1) is 10.6. The fourth-order valence-corrected chi connectivity index (χ4v) is 4.35. The molecule has 0 aliphatic heterocycles. The Bertz CT molecular complexity index is 323. The third kappa shape index (κ3) is 4.99. The molecular weight excluding hydrogens is 272 g/mol. The Morgan fingerprint density at radius 1 is 0.955 bits per heavy atom. The van der Waals surface area contributed by atoms with Gasteiger partial charge in [-0.25, -0.2) is 0 Å². The number of hydrogen-bond donors (Lipinski definition) is 0. The third-order valence-electron chi connectivity index (χ3n) is 6.45. The summed E-state index contributed by atoms with van der Waals surface area (Å²) < 4.78 is 5.50. The van der Waals surface area contributed by atoms with E-state index in [-0.39, 0.29) is 11.9 Å². The van der Waals surface area contributed by atoms with Crippen molar-refractivity contribution in [3.05, 3.63) is 0 Å². The average molecular weight is 309 g/mol. The lowest BCUT2D eigenvalue weighted by Gasteiger charge is -2.37. The summed E-state index contributed by atoms with van der Waals surface area (Å²) in [6, 6.07) is 0. The lowest BCUT2D eigenvalue weighted by molar-refractivity contribution is -0.151. The van der Waals surface area contributed by atoms with Crippen molar-refractivity contribution in [2.24, 2.45) is 29.6 Å². The van der Waals surface area contributed by atoms with Crippen LogP contribution in [0, 0.1) is 29.6 Å². The maximum absolute atomic E-state index is 12.2. The van der Waals surface area contributed by atoms with Gasteiger partial charge in [-0.3, -0.25) is 4.79 Å². The van der Waals surface area contributed by atoms with Crippen LogP contribution >= 0.6 is 0 Å². The van der Waals surface area contributed by atoms with E-state index in [1.54, 1.807) is 0 Å². The van der Waals surface area contributed by atoms with Gasteiger partial charge in [0.2, 0.25) is 0 Å². The number of hydrogen-bond acceptors (Lipinski definition) is 2. The molecule has 2 aliphatic rings. The second-order valence-electron chi connectivity index (χ2n) is 7.94. The number of ether oxygens (including phenoxy) is 1. The predicted molar refractivity (Wildman–Crippen MR) is 91.6 cm³/mol. The van der Waals surface area contributed by atoms with Crippen LogP contribution in [-0.2, 0) is 9.53 Å². The van der Waals surface area contributed by atoms with Gasteiger partial charge < -0.3 is 4.74 Å². The Labute approximate surface area is 137 Å². The Kier molecular flexibility index (Phi) is 7.24. The zero-order chi connectivity index (χ0) is 15.9. The van der Waals surface area contributed by atoms with E-state index in [1.807, 2.05) is 0 Å². The first kappa shape index (κ1) is 17.8. The molecule has 0 N–H and O–H groups in total. The van der Waals surface area contributed by atoms with Crippen LogP contribution in [0.15, 0.2) is 0 Å². The van der Waals surface area contributed by atoms with Crippen molar-refractivity contribution < 1.29 is 9.53 Å². The minimum atomic E-state index is 0.0773. The summed E-state index contributed by atoms with van der Waals surface area (Å²) in [5.74, 6) is 3.58. The molecule has 0 amide bonds. The van der Waals surface area contributed by atoms with Crippen molar-refractivity contribution in [3.63, 3.8) is 0 Å². The van der Waals surface area contributed by atoms with Crippen molar-refractivity contribution >= 4 is 5.97 Å². The molecule has 0 radical (unpaired) electrons. The van der Waals surface area contributed by atoms with E-state index in [0.717, 1.165) is 37.0 Å². The van der Waals surface area contributed by atoms with E-state index in [9.17, 15) is 4.79 Å². The Balaban J connectivity index is 1.68. The largest absolute Gasteiger partial charge is 0.465 e. The van der Waals surface area contributed by atoms with Gasteiger partial charge in [0.15, 0.2) is 0 Å². The van der Waals surface area contributed by atoms with Gasteiger partial charge in [0, 0.05) is 0 Å². The standard InChI is InChI=1S/C20H36O2/c1-4-15(3)14-22-20(21)19-12-10-18(11-13-19)17-8-6-16(5-2)7-9-17/h15-19H,4-14H2,1-3H3/t15-,16-,17-,18-,19-/m0/s1. The van der Waals surface area contributed by atoms with Crippen LogP contribution in [0.5, 0.6) is 0 Å². The van der Waals surface area contributed by atoms with Crippen LogP contribution in [0.1, 0.15) is 85.0 Å². The minimum absolute atomic E-state index is 0.0773.